The van der Waals surface area contributed by atoms with Crippen molar-refractivity contribution in [1.29, 1.82) is 0 Å². The van der Waals surface area contributed by atoms with Gasteiger partial charge in [-0.25, -0.2) is 0 Å². The van der Waals surface area contributed by atoms with Crippen molar-refractivity contribution in [2.45, 2.75) is 70.8 Å². The minimum atomic E-state index is 0.182. The highest BCUT2D eigenvalue weighted by Gasteiger charge is 2.34. The molecule has 4 heteroatoms. The third-order valence-corrected chi connectivity index (χ3v) is 4.67. The van der Waals surface area contributed by atoms with Gasteiger partial charge in [-0.05, 0) is 25.2 Å². The SMILES string of the molecule is CCCCCCCC(=O)N1CCC2NC(=O)CCC2C1. The van der Waals surface area contributed by atoms with Crippen LogP contribution in [-0.4, -0.2) is 35.8 Å². The molecule has 4 nitrogen and oxygen atoms in total. The van der Waals surface area contributed by atoms with Crippen molar-refractivity contribution in [3.63, 3.8) is 0 Å². The number of piperidine rings is 2. The maximum atomic E-state index is 12.2. The number of nitrogens with zero attached hydrogens (tertiary/aromatic N) is 1. The predicted octanol–water partition coefficient (Wildman–Crippen LogP) is 2.47. The average molecular weight is 280 g/mol. The summed E-state index contributed by atoms with van der Waals surface area (Å²) in [6.45, 7) is 3.87. The van der Waals surface area contributed by atoms with E-state index in [4.69, 9.17) is 0 Å². The normalized spacial score (nSPS) is 26.1. The summed E-state index contributed by atoms with van der Waals surface area (Å²) in [5.41, 5.74) is 0. The number of amides is 2. The third kappa shape index (κ3) is 4.22. The molecule has 2 unspecified atom stereocenters. The van der Waals surface area contributed by atoms with Crippen LogP contribution in [0.1, 0.15) is 64.7 Å². The Hall–Kier alpha value is -1.06. The molecule has 2 saturated heterocycles. The molecule has 0 saturated carbocycles. The second kappa shape index (κ2) is 7.65. The molecule has 0 spiro atoms. The molecule has 0 bridgehead atoms. The summed E-state index contributed by atoms with van der Waals surface area (Å²) in [6, 6.07) is 0.310. The molecule has 2 amide bonds. The molecule has 0 aliphatic carbocycles. The minimum absolute atomic E-state index is 0.182. The lowest BCUT2D eigenvalue weighted by Crippen LogP contribution is -2.55. The van der Waals surface area contributed by atoms with E-state index < -0.39 is 0 Å². The Morgan fingerprint density at radius 3 is 2.85 bits per heavy atom. The first-order valence-electron chi connectivity index (χ1n) is 8.28. The Morgan fingerprint density at radius 2 is 2.05 bits per heavy atom. The van der Waals surface area contributed by atoms with E-state index >= 15 is 0 Å². The van der Waals surface area contributed by atoms with E-state index in [1.54, 1.807) is 0 Å². The van der Waals surface area contributed by atoms with Crippen molar-refractivity contribution >= 4 is 11.8 Å². The van der Waals surface area contributed by atoms with Gasteiger partial charge in [0.15, 0.2) is 0 Å². The van der Waals surface area contributed by atoms with Crippen LogP contribution in [-0.2, 0) is 9.59 Å². The zero-order chi connectivity index (χ0) is 14.4. The quantitative estimate of drug-likeness (QED) is 0.760. The Bertz CT molecular complexity index is 343. The van der Waals surface area contributed by atoms with Gasteiger partial charge in [0.25, 0.3) is 0 Å². The second-order valence-electron chi connectivity index (χ2n) is 6.27. The van der Waals surface area contributed by atoms with Gasteiger partial charge in [0.1, 0.15) is 0 Å². The average Bonchev–Trinajstić information content (AvgIpc) is 2.46. The summed E-state index contributed by atoms with van der Waals surface area (Å²) >= 11 is 0. The maximum Gasteiger partial charge on any atom is 0.222 e. The number of nitrogens with one attached hydrogen (secondary N) is 1. The second-order valence-corrected chi connectivity index (χ2v) is 6.27. The first-order chi connectivity index (χ1) is 9.70. The lowest BCUT2D eigenvalue weighted by Gasteiger charge is -2.41. The third-order valence-electron chi connectivity index (χ3n) is 4.67. The van der Waals surface area contributed by atoms with E-state index in [1.807, 2.05) is 4.90 Å². The lowest BCUT2D eigenvalue weighted by molar-refractivity contribution is -0.134. The number of hydrogen-bond donors (Lipinski definition) is 1. The van der Waals surface area contributed by atoms with Crippen molar-refractivity contribution in [2.24, 2.45) is 5.92 Å². The zero-order valence-corrected chi connectivity index (χ0v) is 12.7. The van der Waals surface area contributed by atoms with Gasteiger partial charge < -0.3 is 10.2 Å². The number of fused-ring (bicyclic) bond motifs is 1. The van der Waals surface area contributed by atoms with Crippen molar-refractivity contribution in [3.05, 3.63) is 0 Å². The van der Waals surface area contributed by atoms with E-state index in [1.165, 1.54) is 25.7 Å². The van der Waals surface area contributed by atoms with Crippen LogP contribution >= 0.6 is 0 Å². The summed E-state index contributed by atoms with van der Waals surface area (Å²) in [6.07, 6.45) is 9.18. The van der Waals surface area contributed by atoms with Crippen molar-refractivity contribution < 1.29 is 9.59 Å². The molecule has 2 fully saturated rings. The fourth-order valence-corrected chi connectivity index (χ4v) is 3.37. The summed E-state index contributed by atoms with van der Waals surface area (Å²) in [5, 5.41) is 3.07. The van der Waals surface area contributed by atoms with Crippen molar-refractivity contribution in [3.8, 4) is 0 Å². The van der Waals surface area contributed by atoms with Crippen LogP contribution in [0.3, 0.4) is 0 Å². The van der Waals surface area contributed by atoms with Crippen molar-refractivity contribution in [1.82, 2.24) is 10.2 Å². The standard InChI is InChI=1S/C16H28N2O2/c1-2-3-4-5-6-7-16(20)18-11-10-14-13(12-18)8-9-15(19)17-14/h13-14H,2-12H2,1H3,(H,17,19). The Balaban J connectivity index is 1.68. The smallest absolute Gasteiger partial charge is 0.222 e. The van der Waals surface area contributed by atoms with E-state index in [0.717, 1.165) is 32.4 Å². The Kier molecular flexibility index (Phi) is 5.86. The van der Waals surface area contributed by atoms with Gasteiger partial charge in [0.2, 0.25) is 11.8 Å². The molecule has 2 aliphatic heterocycles. The van der Waals surface area contributed by atoms with E-state index in [9.17, 15) is 9.59 Å². The van der Waals surface area contributed by atoms with Gasteiger partial charge >= 0.3 is 0 Å². The number of carbonyl (C=O) groups is 2. The van der Waals surface area contributed by atoms with Gasteiger partial charge in [0, 0.05) is 32.0 Å². The van der Waals surface area contributed by atoms with Gasteiger partial charge in [-0.2, -0.15) is 0 Å². The first kappa shape index (κ1) is 15.3. The van der Waals surface area contributed by atoms with Crippen LogP contribution in [0.15, 0.2) is 0 Å². The molecule has 20 heavy (non-hydrogen) atoms. The lowest BCUT2D eigenvalue weighted by atomic mass is 9.85. The Morgan fingerprint density at radius 1 is 1.25 bits per heavy atom. The van der Waals surface area contributed by atoms with Gasteiger partial charge in [-0.15, -0.1) is 0 Å². The zero-order valence-electron chi connectivity index (χ0n) is 12.7. The number of likely N-dealkylation sites (tertiary alicyclic amines) is 1. The van der Waals surface area contributed by atoms with Gasteiger partial charge in [-0.3, -0.25) is 9.59 Å². The van der Waals surface area contributed by atoms with Crippen LogP contribution in [0.2, 0.25) is 0 Å². The summed E-state index contributed by atoms with van der Waals surface area (Å²) in [5.74, 6) is 0.976. The fourth-order valence-electron chi connectivity index (χ4n) is 3.37. The summed E-state index contributed by atoms with van der Waals surface area (Å²) < 4.78 is 0. The van der Waals surface area contributed by atoms with Crippen LogP contribution in [0, 0.1) is 5.92 Å². The predicted molar refractivity (Wildman–Crippen MR) is 79.2 cm³/mol. The molecule has 0 aromatic rings. The topological polar surface area (TPSA) is 49.4 Å². The summed E-state index contributed by atoms with van der Waals surface area (Å²) in [7, 11) is 0. The molecule has 114 valence electrons. The number of carbonyl (C=O) groups excluding carboxylic acids is 2. The molecular formula is C16H28N2O2. The van der Waals surface area contributed by atoms with Crippen LogP contribution in [0.25, 0.3) is 0 Å². The molecular weight excluding hydrogens is 252 g/mol. The monoisotopic (exact) mass is 280 g/mol. The molecule has 2 rings (SSSR count). The highest BCUT2D eigenvalue weighted by molar-refractivity contribution is 5.78. The van der Waals surface area contributed by atoms with E-state index in [0.29, 0.717) is 30.7 Å². The highest BCUT2D eigenvalue weighted by Crippen LogP contribution is 2.25. The van der Waals surface area contributed by atoms with E-state index in [-0.39, 0.29) is 5.91 Å². The largest absolute Gasteiger partial charge is 0.353 e. The number of unbranched alkanes of at least 4 members (excludes halogenated alkanes) is 4. The Labute approximate surface area is 122 Å². The number of hydrogen-bond acceptors (Lipinski definition) is 2. The van der Waals surface area contributed by atoms with Crippen LogP contribution < -0.4 is 5.32 Å². The maximum absolute atomic E-state index is 12.2. The fraction of sp³-hybridized carbons (Fsp3) is 0.875. The van der Waals surface area contributed by atoms with Gasteiger partial charge in [-0.1, -0.05) is 32.6 Å². The summed E-state index contributed by atoms with van der Waals surface area (Å²) in [4.78, 5) is 25.6. The van der Waals surface area contributed by atoms with E-state index in [2.05, 4.69) is 12.2 Å². The molecule has 2 atom stereocenters. The molecule has 0 radical (unpaired) electrons. The first-order valence-corrected chi connectivity index (χ1v) is 8.28. The van der Waals surface area contributed by atoms with Crippen LogP contribution in [0.5, 0.6) is 0 Å². The molecule has 0 aromatic heterocycles. The molecule has 1 N–H and O–H groups in total. The molecule has 0 aromatic carbocycles. The van der Waals surface area contributed by atoms with Gasteiger partial charge in [0.05, 0.1) is 0 Å². The molecule has 2 aliphatic rings. The minimum Gasteiger partial charge on any atom is -0.353 e. The highest BCUT2D eigenvalue weighted by atomic mass is 16.2. The van der Waals surface area contributed by atoms with Crippen molar-refractivity contribution in [2.75, 3.05) is 13.1 Å². The van der Waals surface area contributed by atoms with Crippen LogP contribution in [0.4, 0.5) is 0 Å². The number of rotatable bonds is 6. The molecule has 2 heterocycles.